The van der Waals surface area contributed by atoms with E-state index in [1.165, 1.54) is 0 Å². The van der Waals surface area contributed by atoms with E-state index in [4.69, 9.17) is 20.9 Å². The van der Waals surface area contributed by atoms with Gasteiger partial charge in [-0.25, -0.2) is 0 Å². The Morgan fingerprint density at radius 3 is 2.83 bits per heavy atom. The summed E-state index contributed by atoms with van der Waals surface area (Å²) in [6.45, 7) is 4.00. The summed E-state index contributed by atoms with van der Waals surface area (Å²) in [6.07, 6.45) is 2.13. The van der Waals surface area contributed by atoms with Crippen molar-refractivity contribution in [3.05, 3.63) is 18.2 Å². The van der Waals surface area contributed by atoms with Crippen molar-refractivity contribution in [2.45, 2.75) is 6.42 Å². The number of nitrogen functional groups attached to an aromatic ring is 2. The molecule has 0 aliphatic carbocycles. The molecular formula is C10H13N4O3P. The van der Waals surface area contributed by atoms with Crippen molar-refractivity contribution in [2.75, 3.05) is 24.7 Å². The molecule has 0 aliphatic rings. The summed E-state index contributed by atoms with van der Waals surface area (Å²) in [5.74, 6) is 2.72. The molecule has 0 aromatic carbocycles. The molecule has 0 saturated carbocycles. The number of hydrogen-bond donors (Lipinski definition) is 2. The molecule has 0 saturated heterocycles. The van der Waals surface area contributed by atoms with Crippen LogP contribution in [0.2, 0.25) is 0 Å². The van der Waals surface area contributed by atoms with E-state index < -0.39 is 0 Å². The number of nitrogens with zero attached hydrogens (tertiary/aromatic N) is 2. The van der Waals surface area contributed by atoms with E-state index in [1.807, 2.05) is 0 Å². The fraction of sp³-hybridized carbons (Fsp3) is 0.300. The van der Waals surface area contributed by atoms with Crippen LogP contribution in [0.1, 0.15) is 5.56 Å². The topological polar surface area (TPSA) is 113 Å². The third kappa shape index (κ3) is 4.22. The average molecular weight is 268 g/mol. The third-order valence-electron chi connectivity index (χ3n) is 1.89. The van der Waals surface area contributed by atoms with Crippen LogP contribution in [0.15, 0.2) is 12.7 Å². The van der Waals surface area contributed by atoms with Crippen LogP contribution >= 0.6 is 7.92 Å². The van der Waals surface area contributed by atoms with E-state index in [2.05, 4.69) is 22.4 Å². The van der Waals surface area contributed by atoms with E-state index in [0.29, 0.717) is 17.9 Å². The van der Waals surface area contributed by atoms with Crippen LogP contribution in [0.25, 0.3) is 0 Å². The van der Waals surface area contributed by atoms with Crippen LogP contribution in [-0.2, 0) is 15.7 Å². The van der Waals surface area contributed by atoms with Gasteiger partial charge in [0.05, 0.1) is 0 Å². The first-order valence-corrected chi connectivity index (χ1v) is 5.85. The SMILES string of the molecule is C=CCc1c(N)nc(N)nc1OCCOC#P=O. The molecule has 8 heteroatoms. The predicted octanol–water partition coefficient (Wildman–Crippen LogP) is 0.973. The molecule has 0 radical (unpaired) electrons. The van der Waals surface area contributed by atoms with Crippen LogP contribution in [0.5, 0.6) is 5.88 Å². The Labute approximate surface area is 105 Å². The van der Waals surface area contributed by atoms with Gasteiger partial charge in [0.2, 0.25) is 0 Å². The molecule has 0 spiro atoms. The zero-order valence-electron chi connectivity index (χ0n) is 9.63. The van der Waals surface area contributed by atoms with Crippen molar-refractivity contribution >= 4 is 19.7 Å². The number of rotatable bonds is 6. The van der Waals surface area contributed by atoms with E-state index in [9.17, 15) is 4.57 Å². The van der Waals surface area contributed by atoms with Gasteiger partial charge in [-0.2, -0.15) is 0 Å². The van der Waals surface area contributed by atoms with Gasteiger partial charge in [-0.05, 0) is 0 Å². The van der Waals surface area contributed by atoms with Gasteiger partial charge < -0.3 is 0 Å². The molecule has 18 heavy (non-hydrogen) atoms. The molecule has 7 nitrogen and oxygen atoms in total. The standard InChI is InChI=1S/C10H13N4O3P/c1-2-3-7-8(11)13-10(12)14-9(7)17-5-4-16-6-18-15/h2H,1,3-5H2,(H4,11,12,13,14). The van der Waals surface area contributed by atoms with Crippen molar-refractivity contribution in [3.63, 3.8) is 0 Å². The molecule has 0 amide bonds. The summed E-state index contributed by atoms with van der Waals surface area (Å²) >= 11 is 0. The van der Waals surface area contributed by atoms with Crippen molar-refractivity contribution in [3.8, 4) is 11.7 Å². The van der Waals surface area contributed by atoms with Crippen molar-refractivity contribution in [2.24, 2.45) is 0 Å². The number of allylic oxidation sites excluding steroid dienone is 1. The monoisotopic (exact) mass is 268 g/mol. The Morgan fingerprint density at radius 2 is 2.17 bits per heavy atom. The second-order valence-electron chi connectivity index (χ2n) is 3.12. The molecule has 0 aliphatic heterocycles. The summed E-state index contributed by atoms with van der Waals surface area (Å²) in [7, 11) is -0.310. The van der Waals surface area contributed by atoms with Gasteiger partial charge in [0.15, 0.2) is 0 Å². The molecule has 0 bridgehead atoms. The van der Waals surface area contributed by atoms with Gasteiger partial charge in [-0.1, -0.05) is 0 Å². The van der Waals surface area contributed by atoms with Gasteiger partial charge >= 0.3 is 105 Å². The first-order chi connectivity index (χ1) is 8.69. The first kappa shape index (κ1) is 14.3. The molecular weight excluding hydrogens is 255 g/mol. The minimum absolute atomic E-state index is 0.0347. The molecule has 1 heterocycles. The van der Waals surface area contributed by atoms with Crippen LogP contribution in [-0.4, -0.2) is 23.2 Å². The Kier molecular flexibility index (Phi) is 5.94. The summed E-state index contributed by atoms with van der Waals surface area (Å²) in [5.41, 5.74) is 11.8. The summed E-state index contributed by atoms with van der Waals surface area (Å²) in [4.78, 5) is 7.79. The Morgan fingerprint density at radius 1 is 1.39 bits per heavy atom. The second-order valence-corrected chi connectivity index (χ2v) is 3.49. The third-order valence-corrected chi connectivity index (χ3v) is 2.10. The van der Waals surface area contributed by atoms with E-state index in [1.54, 1.807) is 6.08 Å². The number of hydrogen-bond acceptors (Lipinski definition) is 7. The maximum absolute atomic E-state index is 10.0. The molecule has 0 atom stereocenters. The second kappa shape index (κ2) is 7.50. The predicted molar refractivity (Wildman–Crippen MR) is 67.7 cm³/mol. The first-order valence-electron chi connectivity index (χ1n) is 5.03. The van der Waals surface area contributed by atoms with Gasteiger partial charge in [-0.3, -0.25) is 0 Å². The van der Waals surface area contributed by atoms with Crippen molar-refractivity contribution in [1.82, 2.24) is 9.97 Å². The summed E-state index contributed by atoms with van der Waals surface area (Å²) in [5, 5.41) is 0. The fourth-order valence-electron chi connectivity index (χ4n) is 1.20. The van der Waals surface area contributed by atoms with Crippen molar-refractivity contribution in [1.29, 1.82) is 0 Å². The number of ether oxygens (including phenoxy) is 2. The number of anilines is 2. The maximum atomic E-state index is 10.0. The molecule has 0 unspecified atom stereocenters. The van der Waals surface area contributed by atoms with E-state index in [0.717, 1.165) is 0 Å². The number of aromatic nitrogens is 2. The summed E-state index contributed by atoms with van der Waals surface area (Å²) < 4.78 is 20.1. The van der Waals surface area contributed by atoms with E-state index in [-0.39, 0.29) is 32.9 Å². The van der Waals surface area contributed by atoms with Gasteiger partial charge in [0.25, 0.3) is 0 Å². The van der Waals surface area contributed by atoms with Gasteiger partial charge in [-0.15, -0.1) is 0 Å². The molecule has 0 fully saturated rings. The molecule has 4 N–H and O–H groups in total. The zero-order valence-corrected chi connectivity index (χ0v) is 10.5. The Balaban J connectivity index is 2.75. The van der Waals surface area contributed by atoms with E-state index >= 15 is 0 Å². The average Bonchev–Trinajstić information content (AvgIpc) is 2.33. The van der Waals surface area contributed by atoms with Crippen LogP contribution in [0.4, 0.5) is 11.8 Å². The number of nitrogens with two attached hydrogens (primary N) is 2. The van der Waals surface area contributed by atoms with Crippen molar-refractivity contribution < 1.29 is 14.0 Å². The van der Waals surface area contributed by atoms with Crippen LogP contribution in [0.3, 0.4) is 0 Å². The molecule has 96 valence electrons. The van der Waals surface area contributed by atoms with Crippen LogP contribution < -0.4 is 16.2 Å². The summed E-state index contributed by atoms with van der Waals surface area (Å²) in [6, 6.07) is 0. The minimum atomic E-state index is -0.310. The zero-order chi connectivity index (χ0) is 13.4. The fourth-order valence-corrected chi connectivity index (χ4v) is 1.35. The Bertz CT molecular complexity index is 529. The van der Waals surface area contributed by atoms with Gasteiger partial charge in [0, 0.05) is 0 Å². The van der Waals surface area contributed by atoms with Crippen LogP contribution in [0, 0.1) is 5.81 Å². The molecule has 1 aromatic rings. The molecule has 1 rings (SSSR count). The Hall–Kier alpha value is -1.81. The quantitative estimate of drug-likeness (QED) is 0.449. The normalized spacial score (nSPS) is 9.56. The van der Waals surface area contributed by atoms with Gasteiger partial charge in [0.1, 0.15) is 0 Å². The molecule has 1 aromatic heterocycles.